The molecule has 2 atom stereocenters. The molecule has 2 unspecified atom stereocenters. The maximum Gasteiger partial charge on any atom is 0.228 e. The van der Waals surface area contributed by atoms with E-state index in [2.05, 4.69) is 10.2 Å². The first-order valence-electron chi connectivity index (χ1n) is 9.00. The molecule has 3 aliphatic rings. The summed E-state index contributed by atoms with van der Waals surface area (Å²) in [6, 6.07) is 0. The molecule has 2 aliphatic carbocycles. The van der Waals surface area contributed by atoms with Crippen LogP contribution in [0.1, 0.15) is 43.4 Å². The van der Waals surface area contributed by atoms with E-state index in [1.165, 1.54) is 24.1 Å². The van der Waals surface area contributed by atoms with Crippen molar-refractivity contribution in [2.45, 2.75) is 57.2 Å². The number of fused-ring (bicyclic) bond motifs is 1. The Morgan fingerprint density at radius 1 is 1.09 bits per heavy atom. The summed E-state index contributed by atoms with van der Waals surface area (Å²) in [6.07, 6.45) is 6.79. The van der Waals surface area contributed by atoms with Gasteiger partial charge in [-0.1, -0.05) is 0 Å². The van der Waals surface area contributed by atoms with Crippen LogP contribution in [-0.4, -0.2) is 53.5 Å². The van der Waals surface area contributed by atoms with E-state index in [1.54, 1.807) is 0 Å². The lowest BCUT2D eigenvalue weighted by Crippen LogP contribution is -2.44. The maximum absolute atomic E-state index is 9.75. The fourth-order valence-corrected chi connectivity index (χ4v) is 3.83. The van der Waals surface area contributed by atoms with Gasteiger partial charge in [0.15, 0.2) is 0 Å². The van der Waals surface area contributed by atoms with Crippen molar-refractivity contribution in [2.24, 2.45) is 0 Å². The van der Waals surface area contributed by atoms with Crippen molar-refractivity contribution in [3.05, 3.63) is 11.3 Å². The number of rotatable bonds is 3. The molecule has 0 spiro atoms. The van der Waals surface area contributed by atoms with E-state index in [-0.39, 0.29) is 12.2 Å². The molecule has 1 aromatic heterocycles. The Labute approximate surface area is 137 Å². The Kier molecular flexibility index (Phi) is 4.35. The van der Waals surface area contributed by atoms with E-state index in [9.17, 15) is 5.11 Å². The van der Waals surface area contributed by atoms with Crippen LogP contribution in [0.4, 0.5) is 5.95 Å². The Morgan fingerprint density at radius 3 is 2.70 bits per heavy atom. The minimum absolute atomic E-state index is 0.0989. The average molecular weight is 318 g/mol. The van der Waals surface area contributed by atoms with E-state index in [0.29, 0.717) is 0 Å². The molecule has 6 heteroatoms. The molecule has 2 N–H and O–H groups in total. The molecule has 1 saturated carbocycles. The first-order valence-corrected chi connectivity index (χ1v) is 9.00. The maximum atomic E-state index is 9.75. The number of nitrogens with zero attached hydrogens (tertiary/aromatic N) is 3. The number of nitrogens with one attached hydrogen (secondary N) is 1. The molecule has 6 nitrogen and oxygen atoms in total. The Balaban J connectivity index is 1.62. The van der Waals surface area contributed by atoms with E-state index < -0.39 is 0 Å². The van der Waals surface area contributed by atoms with Crippen molar-refractivity contribution in [2.75, 3.05) is 31.1 Å². The van der Waals surface area contributed by atoms with Crippen molar-refractivity contribution < 1.29 is 9.84 Å². The van der Waals surface area contributed by atoms with E-state index in [0.717, 1.165) is 70.1 Å². The Bertz CT molecular complexity index is 560. The van der Waals surface area contributed by atoms with E-state index in [1.807, 2.05) is 0 Å². The number of aliphatic hydroxyl groups is 1. The van der Waals surface area contributed by atoms with Gasteiger partial charge < -0.3 is 20.1 Å². The molecule has 2 heterocycles. The van der Waals surface area contributed by atoms with Gasteiger partial charge in [-0.05, 0) is 38.5 Å². The third-order valence-corrected chi connectivity index (χ3v) is 5.17. The summed E-state index contributed by atoms with van der Waals surface area (Å²) in [5, 5.41) is 13.1. The largest absolute Gasteiger partial charge is 0.474 e. The van der Waals surface area contributed by atoms with Gasteiger partial charge in [0.2, 0.25) is 11.8 Å². The summed E-state index contributed by atoms with van der Waals surface area (Å²) >= 11 is 0. The van der Waals surface area contributed by atoms with Crippen LogP contribution in [0.5, 0.6) is 5.88 Å². The molecule has 1 aliphatic heterocycles. The fourth-order valence-electron chi connectivity index (χ4n) is 3.83. The summed E-state index contributed by atoms with van der Waals surface area (Å²) in [5.41, 5.74) is 2.38. The Hall–Kier alpha value is -1.40. The van der Waals surface area contributed by atoms with Crippen LogP contribution >= 0.6 is 0 Å². The summed E-state index contributed by atoms with van der Waals surface area (Å²) in [4.78, 5) is 11.9. The molecular weight excluding hydrogens is 292 g/mol. The first kappa shape index (κ1) is 15.1. The second kappa shape index (κ2) is 6.61. The van der Waals surface area contributed by atoms with Gasteiger partial charge in [-0.15, -0.1) is 0 Å². The van der Waals surface area contributed by atoms with Crippen molar-refractivity contribution in [3.8, 4) is 5.88 Å². The van der Waals surface area contributed by atoms with E-state index in [4.69, 9.17) is 14.7 Å². The van der Waals surface area contributed by atoms with Crippen LogP contribution < -0.4 is 15.0 Å². The fraction of sp³-hybridized carbons (Fsp3) is 0.765. The van der Waals surface area contributed by atoms with E-state index >= 15 is 0 Å². The monoisotopic (exact) mass is 318 g/mol. The molecule has 1 saturated heterocycles. The second-order valence-corrected chi connectivity index (χ2v) is 6.90. The van der Waals surface area contributed by atoms with Crippen LogP contribution in [0, 0.1) is 0 Å². The molecule has 126 valence electrons. The highest BCUT2D eigenvalue weighted by atomic mass is 16.5. The van der Waals surface area contributed by atoms with Gasteiger partial charge >= 0.3 is 0 Å². The number of hydrogen-bond donors (Lipinski definition) is 2. The summed E-state index contributed by atoms with van der Waals surface area (Å²) < 4.78 is 6.22. The van der Waals surface area contributed by atoms with Crippen LogP contribution in [0.25, 0.3) is 0 Å². The highest BCUT2D eigenvalue weighted by Crippen LogP contribution is 2.32. The summed E-state index contributed by atoms with van der Waals surface area (Å²) in [7, 11) is 0. The zero-order chi connectivity index (χ0) is 15.6. The molecule has 4 rings (SSSR count). The number of aliphatic hydroxyl groups excluding tert-OH is 1. The molecule has 2 fully saturated rings. The van der Waals surface area contributed by atoms with Crippen molar-refractivity contribution in [1.82, 2.24) is 15.3 Å². The smallest absolute Gasteiger partial charge is 0.228 e. The molecule has 0 aromatic carbocycles. The third-order valence-electron chi connectivity index (χ3n) is 5.17. The lowest BCUT2D eigenvalue weighted by Gasteiger charge is -2.29. The molecule has 0 bridgehead atoms. The number of anilines is 1. The van der Waals surface area contributed by atoms with Gasteiger partial charge in [-0.3, -0.25) is 0 Å². The second-order valence-electron chi connectivity index (χ2n) is 6.90. The summed E-state index contributed by atoms with van der Waals surface area (Å²) in [5.74, 6) is 1.60. The van der Waals surface area contributed by atoms with Crippen LogP contribution in [0.15, 0.2) is 0 Å². The molecule has 1 aromatic rings. The molecular formula is C17H26N4O2. The Morgan fingerprint density at radius 2 is 1.91 bits per heavy atom. The number of piperazine rings is 1. The van der Waals surface area contributed by atoms with Crippen LogP contribution in [-0.2, 0) is 12.8 Å². The van der Waals surface area contributed by atoms with Gasteiger partial charge in [-0.25, -0.2) is 4.98 Å². The predicted octanol–water partition coefficient (Wildman–Crippen LogP) is 1.06. The highest BCUT2D eigenvalue weighted by Gasteiger charge is 2.28. The zero-order valence-corrected chi connectivity index (χ0v) is 13.6. The number of ether oxygens (including phenoxy) is 1. The first-order chi connectivity index (χ1) is 11.3. The van der Waals surface area contributed by atoms with Gasteiger partial charge in [0.25, 0.3) is 0 Å². The highest BCUT2D eigenvalue weighted by molar-refractivity contribution is 5.42. The number of hydrogen-bond acceptors (Lipinski definition) is 6. The topological polar surface area (TPSA) is 70.5 Å². The van der Waals surface area contributed by atoms with Crippen molar-refractivity contribution in [3.63, 3.8) is 0 Å². The lowest BCUT2D eigenvalue weighted by molar-refractivity contribution is 0.146. The number of aromatic nitrogens is 2. The number of aryl methyl sites for hydroxylation is 1. The average Bonchev–Trinajstić information content (AvgIpc) is 3.00. The normalized spacial score (nSPS) is 27.8. The van der Waals surface area contributed by atoms with Gasteiger partial charge in [-0.2, -0.15) is 4.98 Å². The van der Waals surface area contributed by atoms with Gasteiger partial charge in [0, 0.05) is 38.2 Å². The molecule has 23 heavy (non-hydrogen) atoms. The van der Waals surface area contributed by atoms with Crippen molar-refractivity contribution >= 4 is 5.95 Å². The molecule has 0 amide bonds. The van der Waals surface area contributed by atoms with Crippen LogP contribution in [0.2, 0.25) is 0 Å². The van der Waals surface area contributed by atoms with Gasteiger partial charge in [0.05, 0.1) is 11.8 Å². The van der Waals surface area contributed by atoms with Gasteiger partial charge in [0.1, 0.15) is 6.10 Å². The predicted molar refractivity (Wildman–Crippen MR) is 88.0 cm³/mol. The lowest BCUT2D eigenvalue weighted by atomic mass is 9.97. The SMILES string of the molecule is OC1CCC(Oc2nc(N3CCNCC3)nc3c2CCCC3)C1. The van der Waals surface area contributed by atoms with Crippen molar-refractivity contribution in [1.29, 1.82) is 0 Å². The minimum Gasteiger partial charge on any atom is -0.474 e. The quantitative estimate of drug-likeness (QED) is 0.868. The summed E-state index contributed by atoms with van der Waals surface area (Å²) in [6.45, 7) is 3.84. The standard InChI is InChI=1S/C17H26N4O2/c22-12-5-6-13(11-12)23-16-14-3-1-2-4-15(14)19-17(20-16)21-9-7-18-8-10-21/h12-13,18,22H,1-11H2. The third kappa shape index (κ3) is 3.28. The van der Waals surface area contributed by atoms with Crippen LogP contribution in [0.3, 0.4) is 0 Å². The zero-order valence-electron chi connectivity index (χ0n) is 13.6. The minimum atomic E-state index is -0.217. The molecule has 0 radical (unpaired) electrons.